The Balaban J connectivity index is 2.07. The van der Waals surface area contributed by atoms with Crippen molar-refractivity contribution in [3.8, 4) is 0 Å². The van der Waals surface area contributed by atoms with E-state index in [4.69, 9.17) is 12.2 Å². The highest BCUT2D eigenvalue weighted by Crippen LogP contribution is 2.19. The smallest absolute Gasteiger partial charge is 0.328 e. The second-order valence-electron chi connectivity index (χ2n) is 4.84. The van der Waals surface area contributed by atoms with Gasteiger partial charge in [0.2, 0.25) is 0 Å². The minimum absolute atomic E-state index is 0.175. The van der Waals surface area contributed by atoms with Gasteiger partial charge in [-0.1, -0.05) is 22.0 Å². The molecule has 0 saturated carbocycles. The Bertz CT molecular complexity index is 504. The van der Waals surface area contributed by atoms with E-state index in [0.717, 1.165) is 10.2 Å². The van der Waals surface area contributed by atoms with E-state index >= 15 is 0 Å². The second-order valence-corrected chi connectivity index (χ2v) is 6.14. The predicted octanol–water partition coefficient (Wildman–Crippen LogP) is 2.95. The van der Waals surface area contributed by atoms with Crippen LogP contribution >= 0.6 is 28.1 Å². The molecule has 1 aromatic carbocycles. The average molecular weight is 328 g/mol. The zero-order valence-electron chi connectivity index (χ0n) is 10.2. The molecule has 0 bridgehead atoms. The van der Waals surface area contributed by atoms with Crippen LogP contribution in [0.2, 0.25) is 0 Å². The molecule has 2 N–H and O–H groups in total. The van der Waals surface area contributed by atoms with Crippen molar-refractivity contribution in [2.45, 2.75) is 19.4 Å². The summed E-state index contributed by atoms with van der Waals surface area (Å²) >= 11 is 8.51. The van der Waals surface area contributed by atoms with E-state index < -0.39 is 0 Å². The lowest BCUT2D eigenvalue weighted by Gasteiger charge is -2.18. The van der Waals surface area contributed by atoms with Gasteiger partial charge in [0.1, 0.15) is 0 Å². The monoisotopic (exact) mass is 327 g/mol. The van der Waals surface area contributed by atoms with E-state index in [1.807, 2.05) is 38.1 Å². The number of carbonyl (C=O) groups is 1. The van der Waals surface area contributed by atoms with E-state index in [2.05, 4.69) is 26.6 Å². The molecule has 2 amide bonds. The van der Waals surface area contributed by atoms with Crippen molar-refractivity contribution in [3.05, 3.63) is 28.7 Å². The maximum Gasteiger partial charge on any atom is 0.328 e. The largest absolute Gasteiger partial charge is 0.355 e. The normalized spacial score (nSPS) is 17.5. The van der Waals surface area contributed by atoms with Crippen LogP contribution in [0.1, 0.15) is 13.8 Å². The SMILES string of the molecule is CC1(C)CN(C(=O)Nc2cccc(Br)c2)C(=S)N1. The van der Waals surface area contributed by atoms with E-state index in [9.17, 15) is 4.79 Å². The predicted molar refractivity (Wildman–Crippen MR) is 79.7 cm³/mol. The number of anilines is 1. The third kappa shape index (κ3) is 3.00. The van der Waals surface area contributed by atoms with Crippen LogP contribution in [0.25, 0.3) is 0 Å². The number of benzene rings is 1. The molecule has 2 rings (SSSR count). The van der Waals surface area contributed by atoms with Crippen molar-refractivity contribution >= 4 is 45.0 Å². The van der Waals surface area contributed by atoms with Crippen molar-refractivity contribution in [2.75, 3.05) is 11.9 Å². The van der Waals surface area contributed by atoms with Gasteiger partial charge >= 0.3 is 6.03 Å². The maximum absolute atomic E-state index is 12.1. The van der Waals surface area contributed by atoms with Gasteiger partial charge in [0.15, 0.2) is 5.11 Å². The maximum atomic E-state index is 12.1. The molecule has 4 nitrogen and oxygen atoms in total. The van der Waals surface area contributed by atoms with E-state index in [-0.39, 0.29) is 11.6 Å². The van der Waals surface area contributed by atoms with Crippen molar-refractivity contribution in [1.82, 2.24) is 10.2 Å². The highest BCUT2D eigenvalue weighted by Gasteiger charge is 2.35. The number of nitrogens with one attached hydrogen (secondary N) is 2. The molecule has 1 aromatic rings. The Hall–Kier alpha value is -1.14. The quantitative estimate of drug-likeness (QED) is 0.779. The third-order valence-electron chi connectivity index (χ3n) is 2.56. The Morgan fingerprint density at radius 2 is 2.28 bits per heavy atom. The van der Waals surface area contributed by atoms with Crippen LogP contribution in [0.5, 0.6) is 0 Å². The molecule has 1 aliphatic heterocycles. The van der Waals surface area contributed by atoms with Crippen molar-refractivity contribution in [1.29, 1.82) is 0 Å². The molecule has 1 fully saturated rings. The van der Waals surface area contributed by atoms with Crippen LogP contribution in [0, 0.1) is 0 Å². The van der Waals surface area contributed by atoms with Crippen molar-refractivity contribution in [3.63, 3.8) is 0 Å². The van der Waals surface area contributed by atoms with Gasteiger partial charge in [-0.15, -0.1) is 0 Å². The summed E-state index contributed by atoms with van der Waals surface area (Å²) in [6.07, 6.45) is 0. The molecular weight excluding hydrogens is 314 g/mol. The number of halogens is 1. The topological polar surface area (TPSA) is 44.4 Å². The van der Waals surface area contributed by atoms with Gasteiger partial charge in [0.25, 0.3) is 0 Å². The number of urea groups is 1. The summed E-state index contributed by atoms with van der Waals surface area (Å²) in [5, 5.41) is 6.40. The number of rotatable bonds is 1. The zero-order valence-corrected chi connectivity index (χ0v) is 12.6. The summed E-state index contributed by atoms with van der Waals surface area (Å²) in [7, 11) is 0. The first kappa shape index (κ1) is 13.3. The zero-order chi connectivity index (χ0) is 13.3. The second kappa shape index (κ2) is 4.85. The lowest BCUT2D eigenvalue weighted by atomic mass is 10.1. The molecule has 1 heterocycles. The summed E-state index contributed by atoms with van der Waals surface area (Å²) in [5.74, 6) is 0. The third-order valence-corrected chi connectivity index (χ3v) is 3.38. The molecular formula is C12H14BrN3OS. The van der Waals surface area contributed by atoms with Crippen LogP contribution < -0.4 is 10.6 Å². The van der Waals surface area contributed by atoms with Crippen LogP contribution in [0.3, 0.4) is 0 Å². The fourth-order valence-corrected chi connectivity index (χ4v) is 2.61. The fourth-order valence-electron chi connectivity index (χ4n) is 1.78. The van der Waals surface area contributed by atoms with Gasteiger partial charge < -0.3 is 10.6 Å². The Morgan fingerprint density at radius 3 is 2.83 bits per heavy atom. The molecule has 96 valence electrons. The van der Waals surface area contributed by atoms with Crippen LogP contribution in [-0.2, 0) is 0 Å². The summed E-state index contributed by atoms with van der Waals surface area (Å²) in [6, 6.07) is 7.23. The van der Waals surface area contributed by atoms with Crippen molar-refractivity contribution in [2.24, 2.45) is 0 Å². The molecule has 18 heavy (non-hydrogen) atoms. The molecule has 6 heteroatoms. The van der Waals surface area contributed by atoms with Gasteiger partial charge in [0, 0.05) is 10.2 Å². The van der Waals surface area contributed by atoms with Crippen LogP contribution in [-0.4, -0.2) is 28.1 Å². The first-order valence-corrected chi connectivity index (χ1v) is 6.74. The molecule has 0 spiro atoms. The van der Waals surface area contributed by atoms with Gasteiger partial charge in [-0.3, -0.25) is 4.90 Å². The molecule has 0 aromatic heterocycles. The Kier molecular flexibility index (Phi) is 3.59. The number of amides is 2. The minimum atomic E-state index is -0.212. The van der Waals surface area contributed by atoms with E-state index in [0.29, 0.717) is 11.7 Å². The summed E-state index contributed by atoms with van der Waals surface area (Å²) < 4.78 is 0.919. The molecule has 0 radical (unpaired) electrons. The number of hydrogen-bond acceptors (Lipinski definition) is 2. The highest BCUT2D eigenvalue weighted by molar-refractivity contribution is 9.10. The van der Waals surface area contributed by atoms with Gasteiger partial charge in [-0.2, -0.15) is 0 Å². The Labute approximate surface area is 120 Å². The molecule has 1 saturated heterocycles. The van der Waals surface area contributed by atoms with E-state index in [1.165, 1.54) is 4.90 Å². The van der Waals surface area contributed by atoms with Gasteiger partial charge in [-0.25, -0.2) is 4.79 Å². The average Bonchev–Trinajstić information content (AvgIpc) is 2.52. The molecule has 0 unspecified atom stereocenters. The molecule has 1 aliphatic rings. The van der Waals surface area contributed by atoms with Crippen molar-refractivity contribution < 1.29 is 4.79 Å². The lowest BCUT2D eigenvalue weighted by molar-refractivity contribution is 0.233. The molecule has 0 aliphatic carbocycles. The van der Waals surface area contributed by atoms with Crippen LogP contribution in [0.15, 0.2) is 28.7 Å². The van der Waals surface area contributed by atoms with Crippen LogP contribution in [0.4, 0.5) is 10.5 Å². The summed E-state index contributed by atoms with van der Waals surface area (Å²) in [4.78, 5) is 13.6. The standard InChI is InChI=1S/C12H14BrN3OS/c1-12(2)7-16(11(18)15-12)10(17)14-9-5-3-4-8(13)6-9/h3-6H,7H2,1-2H3,(H,14,17)(H,15,18). The van der Waals surface area contributed by atoms with Gasteiger partial charge in [-0.05, 0) is 44.3 Å². The number of nitrogens with zero attached hydrogens (tertiary/aromatic N) is 1. The minimum Gasteiger partial charge on any atom is -0.355 e. The molecule has 0 atom stereocenters. The Morgan fingerprint density at radius 1 is 1.56 bits per heavy atom. The lowest BCUT2D eigenvalue weighted by Crippen LogP contribution is -2.37. The van der Waals surface area contributed by atoms with E-state index in [1.54, 1.807) is 0 Å². The van der Waals surface area contributed by atoms with Gasteiger partial charge in [0.05, 0.1) is 12.1 Å². The summed E-state index contributed by atoms with van der Waals surface area (Å²) in [6.45, 7) is 4.57. The number of hydrogen-bond donors (Lipinski definition) is 2. The number of carbonyl (C=O) groups excluding carboxylic acids is 1. The summed E-state index contributed by atoms with van der Waals surface area (Å²) in [5.41, 5.74) is 0.563. The first-order valence-electron chi connectivity index (χ1n) is 5.54. The highest BCUT2D eigenvalue weighted by atomic mass is 79.9. The number of thiocarbonyl (C=S) groups is 1. The fraction of sp³-hybridized carbons (Fsp3) is 0.333. The first-order chi connectivity index (χ1) is 8.37.